The highest BCUT2D eigenvalue weighted by Crippen LogP contribution is 1.72. The molecule has 5 N–H and O–H groups in total. The van der Waals surface area contributed by atoms with E-state index in [1.165, 1.54) is 6.20 Å². The van der Waals surface area contributed by atoms with E-state index in [1.54, 1.807) is 0 Å². The van der Waals surface area contributed by atoms with Crippen LogP contribution in [-0.2, 0) is 0 Å². The van der Waals surface area contributed by atoms with Crippen LogP contribution >= 0.6 is 0 Å². The Bertz CT molecular complexity index is 310. The minimum atomic E-state index is -0.507. The molecule has 9 heavy (non-hydrogen) atoms. The van der Waals surface area contributed by atoms with Crippen molar-refractivity contribution >= 4 is 5.69 Å². The molecule has 1 heterocycles. The van der Waals surface area contributed by atoms with Gasteiger partial charge in [-0.1, -0.05) is 0 Å². The van der Waals surface area contributed by atoms with Crippen molar-refractivity contribution in [2.75, 3.05) is 0 Å². The minimum absolute atomic E-state index is 0.259. The Labute approximate surface area is 49.5 Å². The quantitative estimate of drug-likeness (QED) is 0.374. The molecule has 0 bridgehead atoms. The van der Waals surface area contributed by atoms with Crippen molar-refractivity contribution in [1.82, 2.24) is 9.97 Å². The van der Waals surface area contributed by atoms with E-state index in [4.69, 9.17) is 0 Å². The smallest absolute Gasteiger partial charge is 0.319 e. The first-order valence-electron chi connectivity index (χ1n) is 2.34. The Morgan fingerprint density at radius 2 is 2.11 bits per heavy atom. The molecule has 0 saturated heterocycles. The first-order chi connectivity index (χ1) is 4.20. The topological polar surface area (TPSA) is 93.4 Å². The first-order valence-corrected chi connectivity index (χ1v) is 2.34. The van der Waals surface area contributed by atoms with Gasteiger partial charge in [0.05, 0.1) is 6.20 Å². The van der Waals surface area contributed by atoms with Crippen LogP contribution in [-0.4, -0.2) is 9.97 Å². The second-order valence-corrected chi connectivity index (χ2v) is 1.60. The largest absolute Gasteiger partial charge is 0.326 e. The molecule has 48 valence electrons. The van der Waals surface area contributed by atoms with Crippen LogP contribution in [0.2, 0.25) is 0 Å². The maximum atomic E-state index is 10.5. The van der Waals surface area contributed by atoms with Gasteiger partial charge in [-0.3, -0.25) is 9.78 Å². The Morgan fingerprint density at radius 1 is 1.44 bits per heavy atom. The van der Waals surface area contributed by atoms with Crippen LogP contribution in [0.4, 0.5) is 5.69 Å². The summed E-state index contributed by atoms with van der Waals surface area (Å²) in [5.74, 6) is 0. The zero-order chi connectivity index (χ0) is 6.85. The second-order valence-electron chi connectivity index (χ2n) is 1.60. The number of nitrogens with one attached hydrogen (secondary N) is 2. The predicted octanol–water partition coefficient (Wildman–Crippen LogP) is -2.06. The molecule has 0 aromatic carbocycles. The Kier molecular flexibility index (Phi) is 1.20. The van der Waals surface area contributed by atoms with E-state index >= 15 is 0 Å². The molecule has 0 saturated carbocycles. The van der Waals surface area contributed by atoms with Crippen molar-refractivity contribution in [1.29, 1.82) is 0 Å². The van der Waals surface area contributed by atoms with E-state index in [2.05, 4.69) is 10.7 Å². The van der Waals surface area contributed by atoms with Gasteiger partial charge in [0.2, 0.25) is 5.69 Å². The summed E-state index contributed by atoms with van der Waals surface area (Å²) in [6.07, 6.45) is 1.27. The van der Waals surface area contributed by atoms with Crippen molar-refractivity contribution < 1.29 is 5.73 Å². The third kappa shape index (κ3) is 1.06. The third-order valence-corrected chi connectivity index (χ3v) is 0.896. The molecular formula is C4H6N3O2+. The summed E-state index contributed by atoms with van der Waals surface area (Å²) in [4.78, 5) is 25.1. The molecule has 0 amide bonds. The monoisotopic (exact) mass is 128 g/mol. The SMILES string of the molecule is [NH3+]c1c[nH]c(=O)[nH]c1=O. The van der Waals surface area contributed by atoms with Gasteiger partial charge in [-0.2, -0.15) is 0 Å². The lowest BCUT2D eigenvalue weighted by molar-refractivity contribution is -0.257. The Hall–Kier alpha value is -1.36. The molecule has 0 aliphatic rings. The lowest BCUT2D eigenvalue weighted by atomic mass is 10.6. The van der Waals surface area contributed by atoms with E-state index < -0.39 is 11.2 Å². The van der Waals surface area contributed by atoms with Crippen LogP contribution in [0.3, 0.4) is 0 Å². The molecule has 1 aromatic rings. The van der Waals surface area contributed by atoms with Crippen LogP contribution in [0.1, 0.15) is 0 Å². The lowest BCUT2D eigenvalue weighted by Crippen LogP contribution is -2.47. The average Bonchev–Trinajstić information content (AvgIpc) is 1.80. The fourth-order valence-corrected chi connectivity index (χ4v) is 0.438. The average molecular weight is 128 g/mol. The second kappa shape index (κ2) is 1.87. The molecule has 5 heteroatoms. The van der Waals surface area contributed by atoms with Gasteiger partial charge in [0.15, 0.2) is 0 Å². The van der Waals surface area contributed by atoms with Crippen molar-refractivity contribution in [3.8, 4) is 0 Å². The molecule has 0 aliphatic heterocycles. The summed E-state index contributed by atoms with van der Waals surface area (Å²) in [5.41, 5.74) is 2.65. The van der Waals surface area contributed by atoms with Crippen LogP contribution in [0.5, 0.6) is 0 Å². The molecule has 0 radical (unpaired) electrons. The summed E-state index contributed by atoms with van der Waals surface area (Å²) in [5, 5.41) is 0. The van der Waals surface area contributed by atoms with Crippen LogP contribution in [0.15, 0.2) is 15.8 Å². The van der Waals surface area contributed by atoms with Gasteiger partial charge in [0.1, 0.15) is 0 Å². The highest BCUT2D eigenvalue weighted by Gasteiger charge is 1.93. The molecule has 0 atom stereocenters. The number of aromatic nitrogens is 2. The van der Waals surface area contributed by atoms with Gasteiger partial charge in [0, 0.05) is 0 Å². The van der Waals surface area contributed by atoms with E-state index in [0.717, 1.165) is 0 Å². The Morgan fingerprint density at radius 3 is 2.56 bits per heavy atom. The van der Waals surface area contributed by atoms with Gasteiger partial charge in [-0.25, -0.2) is 4.79 Å². The fraction of sp³-hybridized carbons (Fsp3) is 0. The van der Waals surface area contributed by atoms with Gasteiger partial charge in [-0.15, -0.1) is 0 Å². The molecule has 0 fully saturated rings. The van der Waals surface area contributed by atoms with Crippen LogP contribution < -0.4 is 17.0 Å². The van der Waals surface area contributed by atoms with Gasteiger partial charge in [0.25, 0.3) is 0 Å². The number of hydrogen-bond donors (Lipinski definition) is 3. The van der Waals surface area contributed by atoms with Crippen LogP contribution in [0.25, 0.3) is 0 Å². The Balaban J connectivity index is 3.52. The van der Waals surface area contributed by atoms with Crippen molar-refractivity contribution in [3.05, 3.63) is 27.0 Å². The number of hydrogen-bond acceptors (Lipinski definition) is 2. The molecule has 5 nitrogen and oxygen atoms in total. The van der Waals surface area contributed by atoms with E-state index in [0.29, 0.717) is 0 Å². The maximum Gasteiger partial charge on any atom is 0.326 e. The van der Waals surface area contributed by atoms with Crippen molar-refractivity contribution in [2.24, 2.45) is 0 Å². The standard InChI is InChI=1S/C4H5N3O2/c5-2-1-6-4(9)7-3(2)8/h1H,5H2,(H2,6,7,8,9)/p+1. The van der Waals surface area contributed by atoms with E-state index in [1.807, 2.05) is 4.98 Å². The summed E-state index contributed by atoms with van der Waals surface area (Å²) >= 11 is 0. The molecule has 0 spiro atoms. The molecule has 1 rings (SSSR count). The van der Waals surface area contributed by atoms with E-state index in [-0.39, 0.29) is 5.69 Å². The number of quaternary nitrogens is 1. The normalized spacial score (nSPS) is 9.44. The minimum Gasteiger partial charge on any atom is -0.319 e. The summed E-state index contributed by atoms with van der Waals surface area (Å²) in [6, 6.07) is 0. The summed E-state index contributed by atoms with van der Waals surface area (Å²) in [7, 11) is 0. The van der Waals surface area contributed by atoms with E-state index in [9.17, 15) is 9.59 Å². The third-order valence-electron chi connectivity index (χ3n) is 0.896. The zero-order valence-corrected chi connectivity index (χ0v) is 4.60. The lowest BCUT2D eigenvalue weighted by Gasteiger charge is -1.81. The van der Waals surface area contributed by atoms with Crippen molar-refractivity contribution in [2.45, 2.75) is 0 Å². The number of aromatic amines is 2. The first kappa shape index (κ1) is 5.77. The maximum absolute atomic E-state index is 10.5. The van der Waals surface area contributed by atoms with Gasteiger partial charge in [-0.05, 0) is 0 Å². The van der Waals surface area contributed by atoms with Crippen LogP contribution in [0, 0.1) is 0 Å². The summed E-state index contributed by atoms with van der Waals surface area (Å²) in [6.45, 7) is 0. The fourth-order valence-electron chi connectivity index (χ4n) is 0.438. The molecule has 1 aromatic heterocycles. The summed E-state index contributed by atoms with van der Waals surface area (Å²) < 4.78 is 0. The predicted molar refractivity (Wildman–Crippen MR) is 30.2 cm³/mol. The van der Waals surface area contributed by atoms with Crippen molar-refractivity contribution in [3.63, 3.8) is 0 Å². The molecule has 0 aliphatic carbocycles. The van der Waals surface area contributed by atoms with Gasteiger partial charge >= 0.3 is 11.2 Å². The highest BCUT2D eigenvalue weighted by molar-refractivity contribution is 5.16. The highest BCUT2D eigenvalue weighted by atomic mass is 16.2. The zero-order valence-electron chi connectivity index (χ0n) is 4.60. The number of H-pyrrole nitrogens is 2. The number of rotatable bonds is 0. The molecular weight excluding hydrogens is 122 g/mol. The molecule has 0 unspecified atom stereocenters. The van der Waals surface area contributed by atoms with Gasteiger partial charge < -0.3 is 10.7 Å².